The van der Waals surface area contributed by atoms with Crippen molar-refractivity contribution in [2.24, 2.45) is 11.3 Å². The van der Waals surface area contributed by atoms with E-state index in [0.717, 1.165) is 25.1 Å². The smallest absolute Gasteiger partial charge is 0.0403 e. The maximum Gasteiger partial charge on any atom is 0.0403 e. The zero-order valence-electron chi connectivity index (χ0n) is 13.4. The lowest BCUT2D eigenvalue weighted by Gasteiger charge is -2.33. The van der Waals surface area contributed by atoms with E-state index < -0.39 is 0 Å². The fourth-order valence-corrected chi connectivity index (χ4v) is 3.01. The van der Waals surface area contributed by atoms with Gasteiger partial charge in [0, 0.05) is 23.4 Å². The molecule has 108 valence electrons. The van der Waals surface area contributed by atoms with E-state index in [0.29, 0.717) is 5.92 Å². The van der Waals surface area contributed by atoms with Crippen LogP contribution in [0.15, 0.2) is 60.0 Å². The van der Waals surface area contributed by atoms with Gasteiger partial charge in [-0.2, -0.15) is 0 Å². The Bertz CT molecular complexity index is 516. The minimum Gasteiger partial charge on any atom is -0.342 e. The molecule has 0 radical (unpaired) electrons. The molecule has 0 aromatic rings. The highest BCUT2D eigenvalue weighted by molar-refractivity contribution is 5.46. The highest BCUT2D eigenvalue weighted by Crippen LogP contribution is 2.41. The minimum absolute atomic E-state index is 0.0893. The molecule has 0 fully saturated rings. The second-order valence-corrected chi connectivity index (χ2v) is 6.46. The molecule has 2 aliphatic rings. The number of hydrogen-bond acceptors (Lipinski definition) is 1. The molecule has 20 heavy (non-hydrogen) atoms. The van der Waals surface area contributed by atoms with Crippen LogP contribution in [0.25, 0.3) is 0 Å². The van der Waals surface area contributed by atoms with E-state index in [2.05, 4.69) is 70.1 Å². The molecule has 1 aliphatic carbocycles. The number of hydrogen-bond donors (Lipinski definition) is 0. The molecular formula is C19H27N. The summed E-state index contributed by atoms with van der Waals surface area (Å²) >= 11 is 0. The predicted octanol–water partition coefficient (Wildman–Crippen LogP) is 5.21. The van der Waals surface area contributed by atoms with Gasteiger partial charge in [0.1, 0.15) is 0 Å². The molecule has 1 aliphatic heterocycles. The molecule has 2 rings (SSSR count). The average molecular weight is 269 g/mol. The highest BCUT2D eigenvalue weighted by atomic mass is 15.1. The molecule has 0 N–H and O–H groups in total. The first kappa shape index (κ1) is 14.9. The Morgan fingerprint density at radius 3 is 2.70 bits per heavy atom. The van der Waals surface area contributed by atoms with Crippen LogP contribution in [0.1, 0.15) is 40.5 Å². The van der Waals surface area contributed by atoms with Gasteiger partial charge in [0.2, 0.25) is 0 Å². The Hall–Kier alpha value is -1.50. The monoisotopic (exact) mass is 269 g/mol. The summed E-state index contributed by atoms with van der Waals surface area (Å²) in [6.07, 6.45) is 11.2. The van der Waals surface area contributed by atoms with Crippen molar-refractivity contribution in [3.8, 4) is 0 Å². The van der Waals surface area contributed by atoms with Gasteiger partial charge in [-0.05, 0) is 37.3 Å². The van der Waals surface area contributed by atoms with Crippen molar-refractivity contribution in [2.75, 3.05) is 6.54 Å². The van der Waals surface area contributed by atoms with Gasteiger partial charge in [0.15, 0.2) is 0 Å². The van der Waals surface area contributed by atoms with E-state index in [1.807, 2.05) is 0 Å². The van der Waals surface area contributed by atoms with E-state index in [9.17, 15) is 0 Å². The molecule has 0 amide bonds. The molecule has 1 heterocycles. The Kier molecular flexibility index (Phi) is 4.08. The zero-order valence-corrected chi connectivity index (χ0v) is 13.4. The molecule has 0 saturated heterocycles. The van der Waals surface area contributed by atoms with Gasteiger partial charge < -0.3 is 4.90 Å². The average Bonchev–Trinajstić information content (AvgIpc) is 2.54. The summed E-state index contributed by atoms with van der Waals surface area (Å²) in [4.78, 5) is 2.34. The summed E-state index contributed by atoms with van der Waals surface area (Å²) < 4.78 is 0. The van der Waals surface area contributed by atoms with Crippen molar-refractivity contribution in [2.45, 2.75) is 40.5 Å². The molecule has 0 aromatic carbocycles. The number of likely N-dealkylation sites (N-methyl/N-ethyl adjacent to an activating group) is 1. The first-order chi connectivity index (χ1) is 9.40. The fraction of sp³-hybridized carbons (Fsp3) is 0.474. The van der Waals surface area contributed by atoms with Crippen molar-refractivity contribution in [3.63, 3.8) is 0 Å². The van der Waals surface area contributed by atoms with Gasteiger partial charge in [0.25, 0.3) is 0 Å². The van der Waals surface area contributed by atoms with E-state index in [4.69, 9.17) is 0 Å². The Morgan fingerprint density at radius 1 is 1.45 bits per heavy atom. The van der Waals surface area contributed by atoms with Crippen molar-refractivity contribution in [1.29, 1.82) is 0 Å². The molecule has 0 spiro atoms. The summed E-state index contributed by atoms with van der Waals surface area (Å²) in [6, 6.07) is 0. The quantitative estimate of drug-likeness (QED) is 0.635. The topological polar surface area (TPSA) is 3.24 Å². The molecule has 1 unspecified atom stereocenters. The molecule has 0 saturated carbocycles. The predicted molar refractivity (Wildman–Crippen MR) is 88.1 cm³/mol. The standard InChI is InChI=1S/C19H27N/c1-7-19(6)10-9-18-17(13-19)12-16(14(3)4)11-15(5)20(18)8-2/h7,9,11,13-14H,1,5,8,10,12H2,2-4,6H3. The molecule has 0 bridgehead atoms. The summed E-state index contributed by atoms with van der Waals surface area (Å²) in [5, 5.41) is 0. The van der Waals surface area contributed by atoms with Gasteiger partial charge >= 0.3 is 0 Å². The van der Waals surface area contributed by atoms with Gasteiger partial charge in [-0.25, -0.2) is 0 Å². The Labute approximate surface area is 124 Å². The zero-order chi connectivity index (χ0) is 14.9. The summed E-state index contributed by atoms with van der Waals surface area (Å²) in [5.41, 5.74) is 5.46. The first-order valence-electron chi connectivity index (χ1n) is 7.63. The lowest BCUT2D eigenvalue weighted by Crippen LogP contribution is -2.25. The third-order valence-corrected chi connectivity index (χ3v) is 4.48. The number of rotatable bonds is 3. The van der Waals surface area contributed by atoms with Crippen LogP contribution in [-0.4, -0.2) is 11.4 Å². The summed E-state index contributed by atoms with van der Waals surface area (Å²) in [6.45, 7) is 18.2. The lowest BCUT2D eigenvalue weighted by atomic mass is 9.78. The second kappa shape index (κ2) is 5.47. The van der Waals surface area contributed by atoms with Crippen LogP contribution in [0, 0.1) is 11.3 Å². The van der Waals surface area contributed by atoms with Crippen molar-refractivity contribution >= 4 is 0 Å². The van der Waals surface area contributed by atoms with Crippen LogP contribution in [0.4, 0.5) is 0 Å². The maximum absolute atomic E-state index is 4.27. The minimum atomic E-state index is 0.0893. The molecular weight excluding hydrogens is 242 g/mol. The number of nitrogens with zero attached hydrogens (tertiary/aromatic N) is 1. The fourth-order valence-electron chi connectivity index (χ4n) is 3.01. The van der Waals surface area contributed by atoms with Crippen LogP contribution in [0.3, 0.4) is 0 Å². The summed E-state index contributed by atoms with van der Waals surface area (Å²) in [5.74, 6) is 0.558. The SMILES string of the molecule is C=CC1(C)C=C2CC(C(C)C)=CC(=C)N(CC)C2=CC1. The maximum atomic E-state index is 4.27. The van der Waals surface area contributed by atoms with Crippen LogP contribution >= 0.6 is 0 Å². The van der Waals surface area contributed by atoms with Crippen molar-refractivity contribution in [1.82, 2.24) is 4.90 Å². The Morgan fingerprint density at radius 2 is 2.15 bits per heavy atom. The van der Waals surface area contributed by atoms with Gasteiger partial charge in [-0.3, -0.25) is 0 Å². The van der Waals surface area contributed by atoms with E-state index >= 15 is 0 Å². The van der Waals surface area contributed by atoms with Gasteiger partial charge in [0.05, 0.1) is 0 Å². The molecule has 0 aromatic heterocycles. The van der Waals surface area contributed by atoms with Crippen LogP contribution in [0.5, 0.6) is 0 Å². The molecule has 1 nitrogen and oxygen atoms in total. The largest absolute Gasteiger partial charge is 0.342 e. The Balaban J connectivity index is 2.48. The number of allylic oxidation sites excluding steroid dienone is 6. The normalized spacial score (nSPS) is 26.6. The molecule has 1 heteroatoms. The van der Waals surface area contributed by atoms with Gasteiger partial charge in [-0.15, -0.1) is 6.58 Å². The van der Waals surface area contributed by atoms with Crippen molar-refractivity contribution < 1.29 is 0 Å². The summed E-state index contributed by atoms with van der Waals surface area (Å²) in [7, 11) is 0. The number of fused-ring (bicyclic) bond motifs is 1. The third-order valence-electron chi connectivity index (χ3n) is 4.48. The van der Waals surface area contributed by atoms with Crippen LogP contribution in [0.2, 0.25) is 0 Å². The molecule has 1 atom stereocenters. The van der Waals surface area contributed by atoms with E-state index in [-0.39, 0.29) is 5.41 Å². The third kappa shape index (κ3) is 2.67. The first-order valence-corrected chi connectivity index (χ1v) is 7.63. The van der Waals surface area contributed by atoms with Gasteiger partial charge in [-0.1, -0.05) is 51.2 Å². The van der Waals surface area contributed by atoms with E-state index in [1.165, 1.54) is 16.8 Å². The van der Waals surface area contributed by atoms with Crippen molar-refractivity contribution in [3.05, 3.63) is 60.0 Å². The second-order valence-electron chi connectivity index (χ2n) is 6.46. The van der Waals surface area contributed by atoms with Crippen LogP contribution in [-0.2, 0) is 0 Å². The van der Waals surface area contributed by atoms with Crippen LogP contribution < -0.4 is 0 Å². The highest BCUT2D eigenvalue weighted by Gasteiger charge is 2.28. The lowest BCUT2D eigenvalue weighted by molar-refractivity contribution is 0.450. The van der Waals surface area contributed by atoms with E-state index in [1.54, 1.807) is 0 Å².